The fraction of sp³-hybridized carbons (Fsp3) is 0.733. The number of carbonyl (C=O) groups excluding carboxylic acids is 6. The van der Waals surface area contributed by atoms with Crippen LogP contribution in [0.4, 0.5) is 0 Å². The van der Waals surface area contributed by atoms with Crippen LogP contribution in [0.1, 0.15) is 61.3 Å². The Morgan fingerprint density at radius 1 is 0.867 bits per heavy atom. The topological polar surface area (TPSA) is 191 Å². The van der Waals surface area contributed by atoms with Crippen molar-refractivity contribution in [2.24, 2.45) is 17.3 Å². The Bertz CT molecular complexity index is 1290. The molecule has 4 aliphatic rings. The van der Waals surface area contributed by atoms with Crippen LogP contribution in [0, 0.1) is 17.3 Å². The molecule has 1 spiro atoms. The minimum Gasteiger partial charge on any atom is -0.462 e. The summed E-state index contributed by atoms with van der Waals surface area (Å²) in [6.45, 7) is 12.3. The molecule has 0 radical (unpaired) electrons. The zero-order valence-electron chi connectivity index (χ0n) is 26.2. The second kappa shape index (κ2) is 12.2. The number of hydrogen-bond acceptors (Lipinski definition) is 14. The van der Waals surface area contributed by atoms with E-state index in [4.69, 9.17) is 44.8 Å². The largest absolute Gasteiger partial charge is 0.462 e. The first kappa shape index (κ1) is 34.6. The van der Waals surface area contributed by atoms with E-state index in [1.54, 1.807) is 6.92 Å². The van der Waals surface area contributed by atoms with Gasteiger partial charge in [-0.05, 0) is 19.8 Å². The molecule has 2 aliphatic carbocycles. The van der Waals surface area contributed by atoms with Crippen molar-refractivity contribution in [2.75, 3.05) is 6.61 Å². The highest BCUT2D eigenvalue weighted by molar-refractivity contribution is 6.23. The Morgan fingerprint density at radius 2 is 1.36 bits per heavy atom. The molecule has 15 heteroatoms. The summed E-state index contributed by atoms with van der Waals surface area (Å²) < 4.78 is 40.7. The van der Waals surface area contributed by atoms with Crippen molar-refractivity contribution in [1.29, 1.82) is 0 Å². The van der Waals surface area contributed by atoms with E-state index < -0.39 is 106 Å². The van der Waals surface area contributed by atoms with Gasteiger partial charge in [-0.3, -0.25) is 28.8 Å². The van der Waals surface area contributed by atoms with Crippen LogP contribution in [0.2, 0.25) is 0 Å². The van der Waals surface area contributed by atoms with Gasteiger partial charge in [0.2, 0.25) is 0 Å². The SMILES string of the molecule is C=C1CC[C@H](OC(C)=O)[C@]2(C)[C@H](OC(C)=O)[C@H](OC(C)=O)[C@H](OC(C)=O)[C@@]3(CO3)[C@H]2[C@H](OC(C)=O)[C@@]2(O)[C@H](C)C(=O)O[C@@H]2[C@@H]1Cl. The van der Waals surface area contributed by atoms with E-state index in [0.29, 0.717) is 5.57 Å². The Labute approximate surface area is 264 Å². The van der Waals surface area contributed by atoms with Crippen molar-refractivity contribution < 1.29 is 67.0 Å². The van der Waals surface area contributed by atoms with Crippen LogP contribution in [0.25, 0.3) is 0 Å². The molecule has 0 aromatic rings. The molecule has 4 fully saturated rings. The molecule has 250 valence electrons. The van der Waals surface area contributed by atoms with Crippen LogP contribution in [0.5, 0.6) is 0 Å². The van der Waals surface area contributed by atoms with E-state index in [0.717, 1.165) is 34.6 Å². The third-order valence-corrected chi connectivity index (χ3v) is 9.97. The minimum absolute atomic E-state index is 0.00502. The number of aliphatic hydroxyl groups is 1. The maximum Gasteiger partial charge on any atom is 0.312 e. The highest BCUT2D eigenvalue weighted by Crippen LogP contribution is 2.64. The summed E-state index contributed by atoms with van der Waals surface area (Å²) in [6.07, 6.45) is -8.98. The van der Waals surface area contributed by atoms with E-state index in [1.165, 1.54) is 6.92 Å². The van der Waals surface area contributed by atoms with Crippen molar-refractivity contribution in [3.8, 4) is 0 Å². The summed E-state index contributed by atoms with van der Waals surface area (Å²) >= 11 is 6.81. The van der Waals surface area contributed by atoms with Crippen LogP contribution in [-0.2, 0) is 61.9 Å². The highest BCUT2D eigenvalue weighted by Gasteiger charge is 2.81. The molecule has 2 aliphatic heterocycles. The van der Waals surface area contributed by atoms with Crippen molar-refractivity contribution in [3.05, 3.63) is 12.2 Å². The van der Waals surface area contributed by atoms with Gasteiger partial charge in [0, 0.05) is 40.5 Å². The zero-order chi connectivity index (χ0) is 33.8. The summed E-state index contributed by atoms with van der Waals surface area (Å²) in [4.78, 5) is 76.4. The van der Waals surface area contributed by atoms with E-state index in [1.807, 2.05) is 0 Å². The number of epoxide rings is 1. The maximum atomic E-state index is 13.1. The zero-order valence-corrected chi connectivity index (χ0v) is 26.9. The van der Waals surface area contributed by atoms with Gasteiger partial charge in [0.05, 0.1) is 23.3 Å². The van der Waals surface area contributed by atoms with Crippen LogP contribution in [0.15, 0.2) is 12.2 Å². The first-order chi connectivity index (χ1) is 20.8. The Hall–Kier alpha value is -3.23. The lowest BCUT2D eigenvalue weighted by Gasteiger charge is -2.59. The molecule has 1 N–H and O–H groups in total. The molecule has 2 saturated carbocycles. The van der Waals surface area contributed by atoms with Gasteiger partial charge in [-0.1, -0.05) is 19.1 Å². The average molecular weight is 659 g/mol. The summed E-state index contributed by atoms with van der Waals surface area (Å²) in [7, 11) is 0. The van der Waals surface area contributed by atoms with Crippen molar-refractivity contribution in [2.45, 2.75) is 115 Å². The van der Waals surface area contributed by atoms with Gasteiger partial charge in [0.15, 0.2) is 30.0 Å². The number of fused-ring (bicyclic) bond motifs is 3. The predicted molar refractivity (Wildman–Crippen MR) is 150 cm³/mol. The molecule has 0 amide bonds. The van der Waals surface area contributed by atoms with Gasteiger partial charge in [-0.15, -0.1) is 11.6 Å². The molecular weight excluding hydrogens is 620 g/mol. The molecule has 14 nitrogen and oxygen atoms in total. The lowest BCUT2D eigenvalue weighted by Crippen LogP contribution is -2.76. The number of rotatable bonds is 5. The summed E-state index contributed by atoms with van der Waals surface area (Å²) in [6, 6.07) is 0. The summed E-state index contributed by atoms with van der Waals surface area (Å²) in [5.41, 5.74) is -5.51. The number of halogens is 1. The van der Waals surface area contributed by atoms with Crippen LogP contribution in [0.3, 0.4) is 0 Å². The van der Waals surface area contributed by atoms with Crippen molar-refractivity contribution in [1.82, 2.24) is 0 Å². The van der Waals surface area contributed by atoms with Gasteiger partial charge >= 0.3 is 35.8 Å². The average Bonchev–Trinajstić information content (AvgIpc) is 3.67. The standard InChI is InChI=1S/C30H39ClO14/c1-12-9-10-19(40-14(3)32)28(8)22(26(44-18(7)36)30(38)13(2)27(37)45-23(30)20(12)31)29(11-39-29)25(43-17(6)35)21(41-15(4)33)24(28)42-16(5)34/h13,19-26,38H,1,9-11H2,2-8H3/t13-,19+,20-,21+,22+,23-,24-,25+,26+,28+,29-,30-/m1/s1. The molecule has 0 aromatic heterocycles. The third-order valence-electron chi connectivity index (χ3n) is 9.44. The molecule has 0 unspecified atom stereocenters. The van der Waals surface area contributed by atoms with Gasteiger partial charge in [-0.25, -0.2) is 0 Å². The van der Waals surface area contributed by atoms with Crippen LogP contribution < -0.4 is 0 Å². The second-order valence-electron chi connectivity index (χ2n) is 12.4. The molecule has 4 rings (SSSR count). The maximum absolute atomic E-state index is 13.1. The lowest BCUT2D eigenvalue weighted by molar-refractivity contribution is -0.285. The number of carbonyl (C=O) groups is 6. The number of hydrogen-bond donors (Lipinski definition) is 1. The first-order valence-corrected chi connectivity index (χ1v) is 15.0. The Balaban J connectivity index is 2.14. The summed E-state index contributed by atoms with van der Waals surface area (Å²) in [5, 5.41) is 11.5. The van der Waals surface area contributed by atoms with E-state index in [9.17, 15) is 33.9 Å². The fourth-order valence-corrected chi connectivity index (χ4v) is 7.89. The first-order valence-electron chi connectivity index (χ1n) is 14.6. The Morgan fingerprint density at radius 3 is 1.84 bits per heavy atom. The number of ether oxygens (including phenoxy) is 7. The molecule has 2 heterocycles. The van der Waals surface area contributed by atoms with E-state index in [2.05, 4.69) is 6.58 Å². The van der Waals surface area contributed by atoms with Crippen molar-refractivity contribution >= 4 is 47.4 Å². The number of esters is 6. The second-order valence-corrected chi connectivity index (χ2v) is 12.9. The lowest BCUT2D eigenvalue weighted by atomic mass is 9.51. The van der Waals surface area contributed by atoms with Crippen LogP contribution >= 0.6 is 11.6 Å². The number of alkyl halides is 1. The van der Waals surface area contributed by atoms with E-state index >= 15 is 0 Å². The predicted octanol–water partition coefficient (Wildman–Crippen LogP) is 1.30. The van der Waals surface area contributed by atoms with Crippen LogP contribution in [-0.4, -0.2) is 101 Å². The summed E-state index contributed by atoms with van der Waals surface area (Å²) in [5.74, 6) is -7.69. The molecule has 2 saturated heterocycles. The monoisotopic (exact) mass is 658 g/mol. The molecule has 12 atom stereocenters. The molecule has 45 heavy (non-hydrogen) atoms. The molecule has 0 aromatic carbocycles. The van der Waals surface area contributed by atoms with Crippen molar-refractivity contribution in [3.63, 3.8) is 0 Å². The molecular formula is C30H39ClO14. The quantitative estimate of drug-likeness (QED) is 0.146. The normalized spacial score (nSPS) is 42.3. The molecule has 0 bridgehead atoms. The fourth-order valence-electron chi connectivity index (χ4n) is 7.53. The minimum atomic E-state index is -2.38. The van der Waals surface area contributed by atoms with Gasteiger partial charge < -0.3 is 38.3 Å². The highest BCUT2D eigenvalue weighted by atomic mass is 35.5. The smallest absolute Gasteiger partial charge is 0.312 e. The van der Waals surface area contributed by atoms with Gasteiger partial charge in [-0.2, -0.15) is 0 Å². The third kappa shape index (κ3) is 5.80. The Kier molecular flexibility index (Phi) is 9.37. The van der Waals surface area contributed by atoms with E-state index in [-0.39, 0.29) is 19.4 Å². The van der Waals surface area contributed by atoms with Gasteiger partial charge in [0.25, 0.3) is 0 Å². The van der Waals surface area contributed by atoms with Gasteiger partial charge in [0.1, 0.15) is 17.8 Å².